The Morgan fingerprint density at radius 2 is 1.82 bits per heavy atom. The van der Waals surface area contributed by atoms with Gasteiger partial charge >= 0.3 is 0 Å². The standard InChI is InChI=1S/C33H43N11O5.ClH/c1-25(22-43-24-37-40-41-43)49-30-18-26(6-7-27(30)19-34)28-20-35-32(36-21-28)38-29-23-44(39-31(29)48-17-16-47-15-14-45-2)33(8-4-3-5-9-33)42-10-12-46-13-11-42;/h6-7,18,20-21,23-25H,3-5,8-17,22H2,1-2H3,(H,35,36,38);1H. The summed E-state index contributed by atoms with van der Waals surface area (Å²) in [5, 5.41) is 29.2. The molecule has 4 aromatic rings. The summed E-state index contributed by atoms with van der Waals surface area (Å²) in [5.74, 6) is 1.32. The lowest BCUT2D eigenvalue weighted by molar-refractivity contribution is -0.0837. The number of methoxy groups -OCH3 is 1. The Morgan fingerprint density at radius 1 is 1.04 bits per heavy atom. The van der Waals surface area contributed by atoms with Crippen molar-refractivity contribution in [2.24, 2.45) is 0 Å². The van der Waals surface area contributed by atoms with Crippen molar-refractivity contribution in [3.63, 3.8) is 0 Å². The molecule has 1 N–H and O–H groups in total. The molecular weight excluding hydrogens is 666 g/mol. The average Bonchev–Trinajstić information content (AvgIpc) is 3.81. The molecule has 1 saturated heterocycles. The fraction of sp³-hybridized carbons (Fsp3) is 0.545. The van der Waals surface area contributed by atoms with E-state index in [1.54, 1.807) is 30.3 Å². The molecule has 268 valence electrons. The van der Waals surface area contributed by atoms with Crippen LogP contribution in [0.1, 0.15) is 44.6 Å². The molecule has 1 atom stereocenters. The van der Waals surface area contributed by atoms with Crippen molar-refractivity contribution in [2.75, 3.05) is 65.2 Å². The minimum absolute atomic E-state index is 0. The van der Waals surface area contributed by atoms with Crippen LogP contribution in [0.15, 0.2) is 43.1 Å². The average molecular weight is 710 g/mol. The number of nitriles is 1. The molecule has 1 unspecified atom stereocenters. The molecule has 0 amide bonds. The predicted octanol–water partition coefficient (Wildman–Crippen LogP) is 3.82. The Hall–Kier alpha value is -4.40. The number of halogens is 1. The smallest absolute Gasteiger partial charge is 0.257 e. The summed E-state index contributed by atoms with van der Waals surface area (Å²) in [6.07, 6.45) is 12.2. The van der Waals surface area contributed by atoms with Gasteiger partial charge in [0.2, 0.25) is 5.95 Å². The number of benzene rings is 1. The minimum atomic E-state index is -0.279. The van der Waals surface area contributed by atoms with Crippen molar-refractivity contribution in [3.05, 3.63) is 48.7 Å². The van der Waals surface area contributed by atoms with Crippen molar-refractivity contribution in [1.29, 1.82) is 5.26 Å². The summed E-state index contributed by atoms with van der Waals surface area (Å²) in [5.41, 5.74) is 2.42. The first-order valence-electron chi connectivity index (χ1n) is 16.7. The van der Waals surface area contributed by atoms with Gasteiger partial charge in [-0.1, -0.05) is 12.5 Å². The van der Waals surface area contributed by atoms with Crippen molar-refractivity contribution < 1.29 is 23.7 Å². The Balaban J connectivity index is 0.00000486. The largest absolute Gasteiger partial charge is 0.487 e. The zero-order valence-electron chi connectivity index (χ0n) is 28.4. The van der Waals surface area contributed by atoms with Crippen LogP contribution < -0.4 is 14.8 Å². The molecule has 17 heteroatoms. The van der Waals surface area contributed by atoms with E-state index in [1.165, 1.54) is 12.7 Å². The van der Waals surface area contributed by atoms with E-state index in [-0.39, 0.29) is 24.2 Å². The highest BCUT2D eigenvalue weighted by atomic mass is 35.5. The van der Waals surface area contributed by atoms with Crippen molar-refractivity contribution in [1.82, 2.24) is 44.9 Å². The first kappa shape index (κ1) is 36.9. The summed E-state index contributed by atoms with van der Waals surface area (Å²) in [4.78, 5) is 11.8. The number of aromatic nitrogens is 8. The van der Waals surface area contributed by atoms with E-state index >= 15 is 0 Å². The van der Waals surface area contributed by atoms with Crippen LogP contribution in [0.25, 0.3) is 11.1 Å². The van der Waals surface area contributed by atoms with E-state index in [0.717, 1.165) is 49.9 Å². The van der Waals surface area contributed by atoms with Gasteiger partial charge in [0.25, 0.3) is 5.88 Å². The molecule has 6 rings (SSSR count). The Labute approximate surface area is 297 Å². The fourth-order valence-corrected chi connectivity index (χ4v) is 6.33. The second-order valence-electron chi connectivity index (χ2n) is 12.1. The fourth-order valence-electron chi connectivity index (χ4n) is 6.33. The van der Waals surface area contributed by atoms with E-state index in [9.17, 15) is 5.26 Å². The monoisotopic (exact) mass is 709 g/mol. The van der Waals surface area contributed by atoms with Gasteiger partial charge in [0.05, 0.1) is 51.3 Å². The highest BCUT2D eigenvalue weighted by Gasteiger charge is 2.42. The van der Waals surface area contributed by atoms with Crippen LogP contribution in [0.3, 0.4) is 0 Å². The normalized spacial score (nSPS) is 16.6. The first-order chi connectivity index (χ1) is 24.1. The van der Waals surface area contributed by atoms with Crippen LogP contribution in [0, 0.1) is 11.3 Å². The lowest BCUT2D eigenvalue weighted by atomic mass is 9.87. The van der Waals surface area contributed by atoms with E-state index in [4.69, 9.17) is 28.8 Å². The number of hydrogen-bond acceptors (Lipinski definition) is 14. The second kappa shape index (κ2) is 18.0. The molecule has 0 radical (unpaired) electrons. The third-order valence-corrected chi connectivity index (χ3v) is 8.76. The van der Waals surface area contributed by atoms with E-state index in [1.807, 2.05) is 25.3 Å². The minimum Gasteiger partial charge on any atom is -0.487 e. The van der Waals surface area contributed by atoms with Crippen LogP contribution in [0.4, 0.5) is 11.6 Å². The van der Waals surface area contributed by atoms with E-state index < -0.39 is 0 Å². The van der Waals surface area contributed by atoms with Gasteiger partial charge < -0.3 is 29.0 Å². The number of ether oxygens (including phenoxy) is 5. The van der Waals surface area contributed by atoms with Gasteiger partial charge in [0, 0.05) is 38.2 Å². The van der Waals surface area contributed by atoms with Crippen LogP contribution in [-0.2, 0) is 26.4 Å². The highest BCUT2D eigenvalue weighted by molar-refractivity contribution is 5.85. The molecule has 0 spiro atoms. The van der Waals surface area contributed by atoms with Crippen molar-refractivity contribution >= 4 is 24.0 Å². The molecule has 3 aromatic heterocycles. The zero-order chi connectivity index (χ0) is 33.9. The Bertz CT molecular complexity index is 1650. The molecule has 1 saturated carbocycles. The van der Waals surface area contributed by atoms with E-state index in [2.05, 4.69) is 46.5 Å². The van der Waals surface area contributed by atoms with Gasteiger partial charge in [-0.3, -0.25) is 4.90 Å². The predicted molar refractivity (Wildman–Crippen MR) is 184 cm³/mol. The molecule has 2 fully saturated rings. The highest BCUT2D eigenvalue weighted by Crippen LogP contribution is 2.40. The summed E-state index contributed by atoms with van der Waals surface area (Å²) in [6.45, 7) is 7.22. The molecule has 1 aliphatic carbocycles. The number of nitrogens with zero attached hydrogens (tertiary/aromatic N) is 10. The summed E-state index contributed by atoms with van der Waals surface area (Å²) in [7, 11) is 1.65. The molecular formula is C33H44ClN11O5. The lowest BCUT2D eigenvalue weighted by Crippen LogP contribution is -2.56. The molecule has 1 aromatic carbocycles. The third-order valence-electron chi connectivity index (χ3n) is 8.76. The Morgan fingerprint density at radius 3 is 2.54 bits per heavy atom. The first-order valence-corrected chi connectivity index (χ1v) is 16.7. The van der Waals surface area contributed by atoms with Gasteiger partial charge in [0.15, 0.2) is 0 Å². The summed E-state index contributed by atoms with van der Waals surface area (Å²) < 4.78 is 32.3. The molecule has 4 heterocycles. The number of rotatable bonds is 16. The van der Waals surface area contributed by atoms with Gasteiger partial charge in [-0.2, -0.15) is 5.26 Å². The summed E-state index contributed by atoms with van der Waals surface area (Å²) in [6, 6.07) is 7.60. The molecule has 2 aliphatic rings. The van der Waals surface area contributed by atoms with Gasteiger partial charge in [-0.05, 0) is 60.7 Å². The van der Waals surface area contributed by atoms with Crippen molar-refractivity contribution in [3.8, 4) is 28.8 Å². The SMILES string of the molecule is COCCOCCOc1nn(C2(N3CCOCC3)CCCCC2)cc1Nc1ncc(-c2ccc(C#N)c(OC(C)Cn3cnnn3)c2)cn1.Cl. The number of hydrogen-bond donors (Lipinski definition) is 1. The van der Waals surface area contributed by atoms with Crippen LogP contribution in [-0.4, -0.2) is 111 Å². The lowest BCUT2D eigenvalue weighted by Gasteiger charge is -2.47. The number of tetrazole rings is 1. The Kier molecular flexibility index (Phi) is 13.3. The third kappa shape index (κ3) is 9.03. The molecule has 16 nitrogen and oxygen atoms in total. The maximum atomic E-state index is 9.69. The van der Waals surface area contributed by atoms with Gasteiger partial charge in [-0.15, -0.1) is 22.6 Å². The zero-order valence-corrected chi connectivity index (χ0v) is 29.3. The number of morpholine rings is 1. The van der Waals surface area contributed by atoms with Crippen LogP contribution in [0.2, 0.25) is 0 Å². The second-order valence-corrected chi connectivity index (χ2v) is 12.1. The molecule has 0 bridgehead atoms. The van der Waals surface area contributed by atoms with Crippen molar-refractivity contribution in [2.45, 2.75) is 57.3 Å². The number of anilines is 2. The maximum absolute atomic E-state index is 9.69. The summed E-state index contributed by atoms with van der Waals surface area (Å²) >= 11 is 0. The molecule has 50 heavy (non-hydrogen) atoms. The van der Waals surface area contributed by atoms with E-state index in [0.29, 0.717) is 75.0 Å². The quantitative estimate of drug-likeness (QED) is 0.166. The van der Waals surface area contributed by atoms with Crippen LogP contribution in [0.5, 0.6) is 11.6 Å². The van der Waals surface area contributed by atoms with Gasteiger partial charge in [0.1, 0.15) is 42.2 Å². The number of nitrogens with one attached hydrogen (secondary N) is 1. The topological polar surface area (TPSA) is 172 Å². The maximum Gasteiger partial charge on any atom is 0.257 e. The molecule has 1 aliphatic heterocycles. The van der Waals surface area contributed by atoms with Crippen LogP contribution >= 0.6 is 12.4 Å². The van der Waals surface area contributed by atoms with Gasteiger partial charge in [-0.25, -0.2) is 19.3 Å².